The number of halogens is 1. The average Bonchev–Trinajstić information content (AvgIpc) is 2.31. The van der Waals surface area contributed by atoms with Gasteiger partial charge in [0, 0.05) is 10.2 Å². The number of carbonyl (C=O) groups is 2. The summed E-state index contributed by atoms with van der Waals surface area (Å²) in [6.45, 7) is 1.99. The van der Waals surface area contributed by atoms with Crippen LogP contribution < -0.4 is 5.32 Å². The minimum absolute atomic E-state index is 0.0566. The summed E-state index contributed by atoms with van der Waals surface area (Å²) in [6.07, 6.45) is 0. The molecule has 19 heavy (non-hydrogen) atoms. The first-order valence-corrected chi connectivity index (χ1v) is 6.53. The van der Waals surface area contributed by atoms with Gasteiger partial charge < -0.3 is 14.8 Å². The molecule has 0 aromatic heterocycles. The fourth-order valence-electron chi connectivity index (χ4n) is 1.85. The number of methoxy groups -OCH3 is 1. The number of benzene rings is 1. The monoisotopic (exact) mass is 327 g/mol. The normalized spacial score (nSPS) is 16.4. The third kappa shape index (κ3) is 2.50. The number of rotatable bonds is 3. The molecular weight excluding hydrogens is 314 g/mol. The topological polar surface area (TPSA) is 64.6 Å². The maximum atomic E-state index is 12.3. The molecular formula is C13H14BrNO4. The number of hydrogen-bond donors (Lipinski definition) is 1. The van der Waals surface area contributed by atoms with E-state index in [0.29, 0.717) is 5.69 Å². The van der Waals surface area contributed by atoms with E-state index in [1.807, 2.05) is 19.1 Å². The number of aryl methyl sites for hydroxylation is 1. The number of carbonyl (C=O) groups excluding carboxylic acids is 2. The molecule has 1 aromatic carbocycles. The van der Waals surface area contributed by atoms with Gasteiger partial charge in [-0.05, 0) is 30.7 Å². The minimum Gasteiger partial charge on any atom is -0.468 e. The van der Waals surface area contributed by atoms with Gasteiger partial charge in [-0.15, -0.1) is 0 Å². The van der Waals surface area contributed by atoms with Crippen LogP contribution in [-0.4, -0.2) is 32.2 Å². The number of hydrogen-bond acceptors (Lipinski definition) is 4. The van der Waals surface area contributed by atoms with Crippen molar-refractivity contribution in [3.63, 3.8) is 0 Å². The molecule has 0 spiro atoms. The van der Waals surface area contributed by atoms with E-state index < -0.39 is 17.3 Å². The second-order valence-electron chi connectivity index (χ2n) is 4.48. The Balaban J connectivity index is 2.18. The Labute approximate surface area is 119 Å². The molecule has 1 N–H and O–H groups in total. The van der Waals surface area contributed by atoms with Crippen molar-refractivity contribution >= 4 is 33.5 Å². The molecule has 0 radical (unpaired) electrons. The summed E-state index contributed by atoms with van der Waals surface area (Å²) < 4.78 is 10.6. The van der Waals surface area contributed by atoms with Crippen LogP contribution in [0.5, 0.6) is 0 Å². The highest BCUT2D eigenvalue weighted by molar-refractivity contribution is 9.10. The van der Waals surface area contributed by atoms with Crippen LogP contribution in [0.25, 0.3) is 0 Å². The lowest BCUT2D eigenvalue weighted by atomic mass is 9.84. The number of ether oxygens (including phenoxy) is 2. The van der Waals surface area contributed by atoms with Crippen LogP contribution in [0.4, 0.5) is 5.69 Å². The number of nitrogens with one attached hydrogen (secondary N) is 1. The van der Waals surface area contributed by atoms with Crippen molar-refractivity contribution in [3.05, 3.63) is 28.2 Å². The molecule has 0 aliphatic carbocycles. The van der Waals surface area contributed by atoms with Crippen LogP contribution in [0.3, 0.4) is 0 Å². The van der Waals surface area contributed by atoms with Crippen LogP contribution in [0, 0.1) is 12.3 Å². The number of anilines is 1. The van der Waals surface area contributed by atoms with Crippen molar-refractivity contribution in [1.29, 1.82) is 0 Å². The van der Waals surface area contributed by atoms with Gasteiger partial charge in [0.25, 0.3) is 0 Å². The fourth-order valence-corrected chi connectivity index (χ4v) is 2.33. The lowest BCUT2D eigenvalue weighted by molar-refractivity contribution is -0.185. The maximum absolute atomic E-state index is 12.3. The van der Waals surface area contributed by atoms with E-state index >= 15 is 0 Å². The standard InChI is InChI=1S/C13H14BrNO4/c1-8-5-9(14)3-4-10(8)15-11(16)13(6-19-7-13)12(17)18-2/h3-5H,6-7H2,1-2H3,(H,15,16). The van der Waals surface area contributed by atoms with Crippen molar-refractivity contribution < 1.29 is 19.1 Å². The first-order chi connectivity index (χ1) is 8.99. The van der Waals surface area contributed by atoms with Gasteiger partial charge in [0.05, 0.1) is 20.3 Å². The Morgan fingerprint density at radius 3 is 2.58 bits per heavy atom. The molecule has 5 nitrogen and oxygen atoms in total. The highest BCUT2D eigenvalue weighted by Gasteiger charge is 2.54. The van der Waals surface area contributed by atoms with Gasteiger partial charge in [0.1, 0.15) is 0 Å². The van der Waals surface area contributed by atoms with Crippen LogP contribution in [0.15, 0.2) is 22.7 Å². The molecule has 2 rings (SSSR count). The molecule has 0 saturated carbocycles. The molecule has 0 unspecified atom stereocenters. The lowest BCUT2D eigenvalue weighted by Crippen LogP contribution is -2.57. The van der Waals surface area contributed by atoms with E-state index in [4.69, 9.17) is 4.74 Å². The third-order valence-electron chi connectivity index (χ3n) is 3.14. The molecule has 0 atom stereocenters. The predicted molar refractivity (Wildman–Crippen MR) is 72.8 cm³/mol. The molecule has 102 valence electrons. The summed E-state index contributed by atoms with van der Waals surface area (Å²) in [7, 11) is 1.26. The maximum Gasteiger partial charge on any atom is 0.326 e. The molecule has 1 aliphatic rings. The lowest BCUT2D eigenvalue weighted by Gasteiger charge is -2.36. The van der Waals surface area contributed by atoms with E-state index in [1.54, 1.807) is 6.07 Å². The smallest absolute Gasteiger partial charge is 0.326 e. The van der Waals surface area contributed by atoms with Gasteiger partial charge in [0.2, 0.25) is 5.91 Å². The SMILES string of the molecule is COC(=O)C1(C(=O)Nc2ccc(Br)cc2C)COC1. The van der Waals surface area contributed by atoms with Gasteiger partial charge >= 0.3 is 5.97 Å². The molecule has 1 heterocycles. The second kappa shape index (κ2) is 5.30. The van der Waals surface area contributed by atoms with Gasteiger partial charge in [-0.3, -0.25) is 9.59 Å². The van der Waals surface area contributed by atoms with Crippen LogP contribution >= 0.6 is 15.9 Å². The molecule has 6 heteroatoms. The zero-order chi connectivity index (χ0) is 14.0. The summed E-state index contributed by atoms with van der Waals surface area (Å²) >= 11 is 3.35. The summed E-state index contributed by atoms with van der Waals surface area (Å²) in [5.41, 5.74) is 0.361. The molecule has 1 fully saturated rings. The molecule has 1 saturated heterocycles. The van der Waals surface area contributed by atoms with Crippen LogP contribution in [0.2, 0.25) is 0 Å². The highest BCUT2D eigenvalue weighted by atomic mass is 79.9. The van der Waals surface area contributed by atoms with Gasteiger partial charge in [0.15, 0.2) is 5.41 Å². The highest BCUT2D eigenvalue weighted by Crippen LogP contribution is 2.31. The molecule has 1 aromatic rings. The largest absolute Gasteiger partial charge is 0.468 e. The van der Waals surface area contributed by atoms with E-state index in [9.17, 15) is 9.59 Å². The van der Waals surface area contributed by atoms with Gasteiger partial charge in [-0.1, -0.05) is 15.9 Å². The summed E-state index contributed by atoms with van der Waals surface area (Å²) in [4.78, 5) is 24.0. The zero-order valence-corrected chi connectivity index (χ0v) is 12.2. The molecule has 1 amide bonds. The third-order valence-corrected chi connectivity index (χ3v) is 3.64. The van der Waals surface area contributed by atoms with Gasteiger partial charge in [-0.25, -0.2) is 0 Å². The summed E-state index contributed by atoms with van der Waals surface area (Å²) in [6, 6.07) is 5.49. The number of esters is 1. The quantitative estimate of drug-likeness (QED) is 0.680. The zero-order valence-electron chi connectivity index (χ0n) is 10.7. The Bertz CT molecular complexity index is 525. The Hall–Kier alpha value is -1.40. The first kappa shape index (κ1) is 14.0. The van der Waals surface area contributed by atoms with E-state index in [2.05, 4.69) is 26.0 Å². The fraction of sp³-hybridized carbons (Fsp3) is 0.385. The van der Waals surface area contributed by atoms with E-state index in [1.165, 1.54) is 7.11 Å². The summed E-state index contributed by atoms with van der Waals surface area (Å²) in [5, 5.41) is 2.75. The van der Waals surface area contributed by atoms with Crippen molar-refractivity contribution in [3.8, 4) is 0 Å². The first-order valence-electron chi connectivity index (χ1n) is 5.73. The Kier molecular flexibility index (Phi) is 3.91. The molecule has 1 aliphatic heterocycles. The van der Waals surface area contributed by atoms with Crippen LogP contribution in [-0.2, 0) is 19.1 Å². The van der Waals surface area contributed by atoms with Crippen molar-refractivity contribution in [2.75, 3.05) is 25.6 Å². The van der Waals surface area contributed by atoms with Crippen molar-refractivity contribution in [2.45, 2.75) is 6.92 Å². The Morgan fingerprint density at radius 2 is 2.11 bits per heavy atom. The van der Waals surface area contributed by atoms with E-state index in [-0.39, 0.29) is 13.2 Å². The van der Waals surface area contributed by atoms with Crippen molar-refractivity contribution in [1.82, 2.24) is 0 Å². The van der Waals surface area contributed by atoms with Crippen LogP contribution in [0.1, 0.15) is 5.56 Å². The second-order valence-corrected chi connectivity index (χ2v) is 5.40. The predicted octanol–water partition coefficient (Wildman–Crippen LogP) is 1.89. The van der Waals surface area contributed by atoms with Gasteiger partial charge in [-0.2, -0.15) is 0 Å². The average molecular weight is 328 g/mol. The molecule has 0 bridgehead atoms. The minimum atomic E-state index is -1.21. The van der Waals surface area contributed by atoms with E-state index in [0.717, 1.165) is 10.0 Å². The van der Waals surface area contributed by atoms with Crippen molar-refractivity contribution in [2.24, 2.45) is 5.41 Å². The summed E-state index contributed by atoms with van der Waals surface area (Å²) in [5.74, 6) is -0.956. The number of amides is 1. The Morgan fingerprint density at radius 1 is 1.42 bits per heavy atom.